The molecule has 3 N–H and O–H groups in total. The Morgan fingerprint density at radius 3 is 2.25 bits per heavy atom. The van der Waals surface area contributed by atoms with Crippen molar-refractivity contribution < 1.29 is 4.79 Å². The molecule has 0 aromatic carbocycles. The molecule has 0 aliphatic rings. The van der Waals surface area contributed by atoms with Crippen molar-refractivity contribution in [1.29, 1.82) is 5.26 Å². The van der Waals surface area contributed by atoms with Gasteiger partial charge in [0, 0.05) is 19.0 Å². The molecule has 0 heterocycles. The number of carbonyl (C=O) groups excluding carboxylic acids is 1. The summed E-state index contributed by atoms with van der Waals surface area (Å²) in [5.41, 5.74) is 5.29. The molecule has 1 atom stereocenters. The van der Waals surface area contributed by atoms with Crippen molar-refractivity contribution in [1.82, 2.24) is 5.32 Å². The first-order chi connectivity index (χ1) is 7.08. The maximum Gasteiger partial charge on any atom is 0.221 e. The van der Waals surface area contributed by atoms with Gasteiger partial charge >= 0.3 is 0 Å². The summed E-state index contributed by atoms with van der Waals surface area (Å²) in [7, 11) is 0. The molecule has 16 heavy (non-hydrogen) atoms. The number of nitriles is 1. The quantitative estimate of drug-likeness (QED) is 0.759. The highest BCUT2D eigenvalue weighted by Crippen LogP contribution is 2.19. The molecule has 0 saturated heterocycles. The van der Waals surface area contributed by atoms with Gasteiger partial charge in [-0.2, -0.15) is 5.26 Å². The molecular formula is C12H23N3O. The molecule has 92 valence electrons. The normalized spacial score (nSPS) is 14.1. The number of hydrogen-bond acceptors (Lipinski definition) is 3. The van der Waals surface area contributed by atoms with E-state index in [0.717, 1.165) is 0 Å². The average molecular weight is 225 g/mol. The van der Waals surface area contributed by atoms with Crippen molar-refractivity contribution in [2.75, 3.05) is 6.54 Å². The summed E-state index contributed by atoms with van der Waals surface area (Å²) in [5, 5.41) is 11.5. The van der Waals surface area contributed by atoms with Gasteiger partial charge in [-0.3, -0.25) is 4.79 Å². The fraction of sp³-hybridized carbons (Fsp3) is 0.833. The Morgan fingerprint density at radius 2 is 1.88 bits per heavy atom. The number of nitrogens with two attached hydrogens (primary N) is 1. The van der Waals surface area contributed by atoms with Crippen molar-refractivity contribution in [3.63, 3.8) is 0 Å². The lowest BCUT2D eigenvalue weighted by molar-refractivity contribution is -0.122. The third-order valence-corrected chi connectivity index (χ3v) is 2.55. The summed E-state index contributed by atoms with van der Waals surface area (Å²) in [6.45, 7) is 9.95. The summed E-state index contributed by atoms with van der Waals surface area (Å²) < 4.78 is 0. The molecule has 1 unspecified atom stereocenters. The Kier molecular flexibility index (Phi) is 4.95. The summed E-state index contributed by atoms with van der Waals surface area (Å²) >= 11 is 0. The predicted octanol–water partition coefficient (Wildman–Crippen LogP) is 1.42. The van der Waals surface area contributed by atoms with Crippen LogP contribution in [0.15, 0.2) is 0 Å². The maximum atomic E-state index is 11.6. The zero-order valence-corrected chi connectivity index (χ0v) is 10.9. The van der Waals surface area contributed by atoms with Crippen LogP contribution in [-0.4, -0.2) is 18.5 Å². The van der Waals surface area contributed by atoms with Crippen LogP contribution in [-0.2, 0) is 4.79 Å². The second kappa shape index (κ2) is 5.31. The van der Waals surface area contributed by atoms with E-state index in [1.807, 2.05) is 20.8 Å². The van der Waals surface area contributed by atoms with Crippen LogP contribution >= 0.6 is 0 Å². The number of nitrogens with one attached hydrogen (secondary N) is 1. The fourth-order valence-corrected chi connectivity index (χ4v) is 0.937. The highest BCUT2D eigenvalue weighted by Gasteiger charge is 2.24. The largest absolute Gasteiger partial charge is 0.354 e. The third-order valence-electron chi connectivity index (χ3n) is 2.55. The lowest BCUT2D eigenvalue weighted by Crippen LogP contribution is -2.42. The van der Waals surface area contributed by atoms with Crippen molar-refractivity contribution in [3.05, 3.63) is 0 Å². The maximum absolute atomic E-state index is 11.6. The summed E-state index contributed by atoms with van der Waals surface area (Å²) in [5.74, 6) is -0.0919. The highest BCUT2D eigenvalue weighted by molar-refractivity contribution is 5.76. The molecule has 0 saturated carbocycles. The van der Waals surface area contributed by atoms with Crippen LogP contribution in [0.5, 0.6) is 0 Å². The monoisotopic (exact) mass is 225 g/mol. The minimum Gasteiger partial charge on any atom is -0.354 e. The van der Waals surface area contributed by atoms with Crippen LogP contribution in [0.1, 0.15) is 41.0 Å². The molecule has 0 rings (SSSR count). The van der Waals surface area contributed by atoms with E-state index in [2.05, 4.69) is 11.4 Å². The second-order valence-corrected chi connectivity index (χ2v) is 5.95. The summed E-state index contributed by atoms with van der Waals surface area (Å²) in [4.78, 5) is 11.6. The first kappa shape index (κ1) is 14.9. The van der Waals surface area contributed by atoms with Crippen molar-refractivity contribution >= 4 is 5.91 Å². The van der Waals surface area contributed by atoms with Gasteiger partial charge < -0.3 is 11.1 Å². The molecule has 0 aromatic heterocycles. The van der Waals surface area contributed by atoms with Crippen LogP contribution < -0.4 is 11.1 Å². The van der Waals surface area contributed by atoms with Gasteiger partial charge in [-0.05, 0) is 19.3 Å². The fourth-order valence-electron chi connectivity index (χ4n) is 0.937. The Hall–Kier alpha value is -1.08. The van der Waals surface area contributed by atoms with E-state index in [4.69, 9.17) is 11.0 Å². The first-order valence-corrected chi connectivity index (χ1v) is 5.52. The van der Waals surface area contributed by atoms with Gasteiger partial charge in [-0.25, -0.2) is 0 Å². The van der Waals surface area contributed by atoms with Crippen LogP contribution in [0.2, 0.25) is 0 Å². The minimum atomic E-state index is -0.526. The van der Waals surface area contributed by atoms with E-state index in [1.165, 1.54) is 0 Å². The van der Waals surface area contributed by atoms with Crippen LogP contribution in [0, 0.1) is 22.2 Å². The van der Waals surface area contributed by atoms with E-state index in [-0.39, 0.29) is 17.4 Å². The zero-order valence-electron chi connectivity index (χ0n) is 10.9. The molecule has 0 fully saturated rings. The van der Waals surface area contributed by atoms with Crippen molar-refractivity contribution in [2.24, 2.45) is 16.6 Å². The van der Waals surface area contributed by atoms with Crippen LogP contribution in [0.4, 0.5) is 0 Å². The van der Waals surface area contributed by atoms with E-state index < -0.39 is 5.41 Å². The van der Waals surface area contributed by atoms with Gasteiger partial charge in [0.2, 0.25) is 5.91 Å². The van der Waals surface area contributed by atoms with Gasteiger partial charge in [0.05, 0.1) is 11.5 Å². The van der Waals surface area contributed by atoms with Crippen LogP contribution in [0.3, 0.4) is 0 Å². The third kappa shape index (κ3) is 5.72. The Morgan fingerprint density at radius 1 is 1.38 bits per heavy atom. The van der Waals surface area contributed by atoms with Gasteiger partial charge in [0.1, 0.15) is 0 Å². The molecule has 0 spiro atoms. The molecule has 4 heteroatoms. The number of rotatable bonds is 4. The van der Waals surface area contributed by atoms with Gasteiger partial charge in [0.15, 0.2) is 0 Å². The van der Waals surface area contributed by atoms with E-state index in [1.54, 1.807) is 13.8 Å². The van der Waals surface area contributed by atoms with E-state index in [9.17, 15) is 4.79 Å². The number of carbonyl (C=O) groups is 1. The average Bonchev–Trinajstić information content (AvgIpc) is 2.13. The van der Waals surface area contributed by atoms with Gasteiger partial charge in [-0.15, -0.1) is 0 Å². The summed E-state index contributed by atoms with van der Waals surface area (Å²) in [6, 6.07) is 1.97. The van der Waals surface area contributed by atoms with Crippen molar-refractivity contribution in [2.45, 2.75) is 47.1 Å². The predicted molar refractivity (Wildman–Crippen MR) is 64.5 cm³/mol. The molecule has 0 aliphatic carbocycles. The Labute approximate surface area is 98.2 Å². The Bertz CT molecular complexity index is 284. The second-order valence-electron chi connectivity index (χ2n) is 5.95. The molecule has 0 aliphatic heterocycles. The van der Waals surface area contributed by atoms with Gasteiger partial charge in [-0.1, -0.05) is 20.8 Å². The number of amides is 1. The first-order valence-electron chi connectivity index (χ1n) is 5.52. The molecule has 0 bridgehead atoms. The molecule has 4 nitrogen and oxygen atoms in total. The smallest absolute Gasteiger partial charge is 0.221 e. The highest BCUT2D eigenvalue weighted by atomic mass is 16.1. The SMILES string of the molecule is CC(C)(C#N)CNC(=O)CC(N)C(C)(C)C. The zero-order chi connectivity index (χ0) is 13.0. The lowest BCUT2D eigenvalue weighted by atomic mass is 9.85. The van der Waals surface area contributed by atoms with E-state index >= 15 is 0 Å². The Balaban J connectivity index is 4.08. The number of nitrogens with zero attached hydrogens (tertiary/aromatic N) is 1. The van der Waals surface area contributed by atoms with E-state index in [0.29, 0.717) is 13.0 Å². The van der Waals surface area contributed by atoms with Gasteiger partial charge in [0.25, 0.3) is 0 Å². The van der Waals surface area contributed by atoms with Crippen molar-refractivity contribution in [3.8, 4) is 6.07 Å². The number of hydrogen-bond donors (Lipinski definition) is 2. The summed E-state index contributed by atoms with van der Waals surface area (Å²) in [6.07, 6.45) is 0.297. The topological polar surface area (TPSA) is 78.9 Å². The standard InChI is InChI=1S/C12H23N3O/c1-11(2,3)9(14)6-10(16)15-8-12(4,5)7-13/h9H,6,8,14H2,1-5H3,(H,15,16). The molecular weight excluding hydrogens is 202 g/mol. The van der Waals surface area contributed by atoms with Crippen LogP contribution in [0.25, 0.3) is 0 Å². The molecule has 1 amide bonds. The lowest BCUT2D eigenvalue weighted by Gasteiger charge is -2.26. The minimum absolute atomic E-state index is 0.0813. The molecule has 0 aromatic rings. The molecule has 0 radical (unpaired) electrons.